The van der Waals surface area contributed by atoms with E-state index in [1.165, 1.54) is 12.1 Å². The van der Waals surface area contributed by atoms with Crippen LogP contribution in [0.4, 0.5) is 4.39 Å². The topological polar surface area (TPSA) is 49.5 Å². The minimum absolute atomic E-state index is 0.0635. The van der Waals surface area contributed by atoms with E-state index in [0.717, 1.165) is 56.4 Å². The fourth-order valence-electron chi connectivity index (χ4n) is 3.61. The summed E-state index contributed by atoms with van der Waals surface area (Å²) in [6.07, 6.45) is 3.29. The highest BCUT2D eigenvalue weighted by molar-refractivity contribution is 6.30. The SMILES string of the molecule is NC(CCCN1CCC(O)(c2ccc(Cl)cc2)CC1)c1ccc(F)cc1. The molecule has 0 bridgehead atoms. The van der Waals surface area contributed by atoms with E-state index in [9.17, 15) is 9.50 Å². The molecule has 5 heteroatoms. The maximum Gasteiger partial charge on any atom is 0.123 e. The molecule has 0 amide bonds. The van der Waals surface area contributed by atoms with Crippen LogP contribution in [0.25, 0.3) is 0 Å². The zero-order valence-corrected chi connectivity index (χ0v) is 15.6. The highest BCUT2D eigenvalue weighted by Crippen LogP contribution is 2.33. The molecule has 0 saturated carbocycles. The summed E-state index contributed by atoms with van der Waals surface area (Å²) >= 11 is 5.94. The smallest absolute Gasteiger partial charge is 0.123 e. The molecule has 3 rings (SSSR count). The van der Waals surface area contributed by atoms with Gasteiger partial charge in [-0.3, -0.25) is 0 Å². The molecule has 0 radical (unpaired) electrons. The zero-order valence-electron chi connectivity index (χ0n) is 14.9. The number of halogens is 2. The van der Waals surface area contributed by atoms with Gasteiger partial charge in [0.2, 0.25) is 0 Å². The van der Waals surface area contributed by atoms with Crippen LogP contribution in [0.3, 0.4) is 0 Å². The van der Waals surface area contributed by atoms with Gasteiger partial charge in [0.25, 0.3) is 0 Å². The van der Waals surface area contributed by atoms with E-state index >= 15 is 0 Å². The van der Waals surface area contributed by atoms with E-state index in [2.05, 4.69) is 4.90 Å². The van der Waals surface area contributed by atoms with Gasteiger partial charge in [0.1, 0.15) is 5.82 Å². The van der Waals surface area contributed by atoms with Crippen molar-refractivity contribution in [2.24, 2.45) is 5.73 Å². The summed E-state index contributed by atoms with van der Waals surface area (Å²) < 4.78 is 13.0. The summed E-state index contributed by atoms with van der Waals surface area (Å²) in [5.74, 6) is -0.234. The normalized spacial score (nSPS) is 18.6. The predicted octanol–water partition coefficient (Wildman–Crippen LogP) is 4.24. The Bertz CT molecular complexity index is 697. The quantitative estimate of drug-likeness (QED) is 0.792. The van der Waals surface area contributed by atoms with Gasteiger partial charge in [0.05, 0.1) is 5.60 Å². The van der Waals surface area contributed by atoms with E-state index in [1.807, 2.05) is 24.3 Å². The molecule has 140 valence electrons. The van der Waals surface area contributed by atoms with E-state index in [4.69, 9.17) is 17.3 Å². The Morgan fingerprint density at radius 3 is 2.31 bits per heavy atom. The molecular formula is C21H26ClFN2O. The summed E-state index contributed by atoms with van der Waals surface area (Å²) in [4.78, 5) is 2.38. The number of nitrogens with two attached hydrogens (primary N) is 1. The Labute approximate surface area is 159 Å². The largest absolute Gasteiger partial charge is 0.385 e. The van der Waals surface area contributed by atoms with Crippen molar-refractivity contribution in [2.75, 3.05) is 19.6 Å². The molecule has 26 heavy (non-hydrogen) atoms. The molecule has 1 saturated heterocycles. The molecule has 1 aliphatic heterocycles. The molecule has 0 aromatic heterocycles. The molecule has 0 aliphatic carbocycles. The van der Waals surface area contributed by atoms with Crippen LogP contribution in [0.2, 0.25) is 5.02 Å². The number of aliphatic hydroxyl groups is 1. The van der Waals surface area contributed by atoms with Gasteiger partial charge in [-0.15, -0.1) is 0 Å². The summed E-state index contributed by atoms with van der Waals surface area (Å²) in [5, 5.41) is 11.6. The van der Waals surface area contributed by atoms with Crippen molar-refractivity contribution in [3.63, 3.8) is 0 Å². The van der Waals surface area contributed by atoms with Gasteiger partial charge in [0.15, 0.2) is 0 Å². The number of hydrogen-bond acceptors (Lipinski definition) is 3. The van der Waals surface area contributed by atoms with Crippen LogP contribution in [0, 0.1) is 5.82 Å². The molecule has 3 nitrogen and oxygen atoms in total. The van der Waals surface area contributed by atoms with Crippen molar-refractivity contribution < 1.29 is 9.50 Å². The molecule has 1 unspecified atom stereocenters. The lowest BCUT2D eigenvalue weighted by molar-refractivity contribution is -0.0261. The highest BCUT2D eigenvalue weighted by Gasteiger charge is 2.33. The fraction of sp³-hybridized carbons (Fsp3) is 0.429. The monoisotopic (exact) mass is 376 g/mol. The Kier molecular flexibility index (Phi) is 6.30. The summed E-state index contributed by atoms with van der Waals surface area (Å²) in [6, 6.07) is 13.9. The number of benzene rings is 2. The lowest BCUT2D eigenvalue weighted by atomic mass is 9.84. The second-order valence-electron chi connectivity index (χ2n) is 7.18. The number of rotatable bonds is 6. The van der Waals surface area contributed by atoms with Gasteiger partial charge in [-0.05, 0) is 67.6 Å². The third kappa shape index (κ3) is 4.83. The van der Waals surface area contributed by atoms with Crippen LogP contribution in [0.15, 0.2) is 48.5 Å². The first kappa shape index (κ1) is 19.3. The second-order valence-corrected chi connectivity index (χ2v) is 7.62. The fourth-order valence-corrected chi connectivity index (χ4v) is 3.73. The number of piperidine rings is 1. The van der Waals surface area contributed by atoms with Gasteiger partial charge in [-0.1, -0.05) is 35.9 Å². The van der Waals surface area contributed by atoms with Crippen LogP contribution in [0.1, 0.15) is 42.9 Å². The van der Waals surface area contributed by atoms with Crippen molar-refractivity contribution in [1.82, 2.24) is 4.90 Å². The van der Waals surface area contributed by atoms with Crippen molar-refractivity contribution in [3.8, 4) is 0 Å². The van der Waals surface area contributed by atoms with Gasteiger partial charge in [-0.2, -0.15) is 0 Å². The van der Waals surface area contributed by atoms with E-state index in [-0.39, 0.29) is 11.9 Å². The van der Waals surface area contributed by atoms with Crippen molar-refractivity contribution in [3.05, 3.63) is 70.5 Å². The highest BCUT2D eigenvalue weighted by atomic mass is 35.5. The maximum absolute atomic E-state index is 13.0. The minimum atomic E-state index is -0.758. The van der Waals surface area contributed by atoms with Crippen molar-refractivity contribution in [1.29, 1.82) is 0 Å². The summed E-state index contributed by atoms with van der Waals surface area (Å²) in [6.45, 7) is 2.70. The molecule has 1 heterocycles. The van der Waals surface area contributed by atoms with Crippen LogP contribution in [-0.2, 0) is 5.60 Å². The number of likely N-dealkylation sites (tertiary alicyclic amines) is 1. The summed E-state index contributed by atoms with van der Waals surface area (Å²) in [5.41, 5.74) is 7.36. The molecule has 2 aromatic carbocycles. The molecular weight excluding hydrogens is 351 g/mol. The Balaban J connectivity index is 1.44. The zero-order chi connectivity index (χ0) is 18.6. The first-order valence-corrected chi connectivity index (χ1v) is 9.56. The molecule has 1 fully saturated rings. The first-order chi connectivity index (χ1) is 12.5. The van der Waals surface area contributed by atoms with Gasteiger partial charge < -0.3 is 15.7 Å². The van der Waals surface area contributed by atoms with Crippen LogP contribution in [0.5, 0.6) is 0 Å². The van der Waals surface area contributed by atoms with E-state index in [1.54, 1.807) is 12.1 Å². The average molecular weight is 377 g/mol. The second kappa shape index (κ2) is 8.49. The Hall–Kier alpha value is -1.46. The van der Waals surface area contributed by atoms with Crippen LogP contribution in [-0.4, -0.2) is 29.6 Å². The van der Waals surface area contributed by atoms with Gasteiger partial charge in [0, 0.05) is 24.2 Å². The van der Waals surface area contributed by atoms with Gasteiger partial charge >= 0.3 is 0 Å². The first-order valence-electron chi connectivity index (χ1n) is 9.18. The maximum atomic E-state index is 13.0. The third-order valence-electron chi connectivity index (χ3n) is 5.35. The van der Waals surface area contributed by atoms with Crippen molar-refractivity contribution in [2.45, 2.75) is 37.3 Å². The van der Waals surface area contributed by atoms with Crippen LogP contribution >= 0.6 is 11.6 Å². The minimum Gasteiger partial charge on any atom is -0.385 e. The Morgan fingerprint density at radius 1 is 1.08 bits per heavy atom. The summed E-state index contributed by atoms with van der Waals surface area (Å²) in [7, 11) is 0. The molecule has 0 spiro atoms. The molecule has 1 aliphatic rings. The molecule has 1 atom stereocenters. The number of hydrogen-bond donors (Lipinski definition) is 2. The van der Waals surface area contributed by atoms with Gasteiger partial charge in [-0.25, -0.2) is 4.39 Å². The molecule has 2 aromatic rings. The van der Waals surface area contributed by atoms with Crippen molar-refractivity contribution >= 4 is 11.6 Å². The van der Waals surface area contributed by atoms with E-state index in [0.29, 0.717) is 5.02 Å². The standard InChI is InChI=1S/C21H26ClFN2O/c22-18-7-5-17(6-8-18)21(26)11-14-25(15-12-21)13-1-2-20(24)16-3-9-19(23)10-4-16/h3-10,20,26H,1-2,11-15,24H2. The third-order valence-corrected chi connectivity index (χ3v) is 5.60. The molecule has 3 N–H and O–H groups in total. The lowest BCUT2D eigenvalue weighted by Crippen LogP contribution is -2.42. The Morgan fingerprint density at radius 2 is 1.69 bits per heavy atom. The van der Waals surface area contributed by atoms with Crippen LogP contribution < -0.4 is 5.73 Å². The number of nitrogens with zero attached hydrogens (tertiary/aromatic N) is 1. The lowest BCUT2D eigenvalue weighted by Gasteiger charge is -2.38. The van der Waals surface area contributed by atoms with E-state index < -0.39 is 5.60 Å². The average Bonchev–Trinajstić information content (AvgIpc) is 2.64. The predicted molar refractivity (Wildman–Crippen MR) is 104 cm³/mol.